The van der Waals surface area contributed by atoms with Crippen LogP contribution in [0.1, 0.15) is 39.0 Å². The van der Waals surface area contributed by atoms with Crippen molar-refractivity contribution in [2.45, 2.75) is 60.8 Å². The van der Waals surface area contributed by atoms with Crippen LogP contribution in [0, 0.1) is 17.2 Å². The maximum Gasteiger partial charge on any atom is 0.405 e. The average Bonchev–Trinajstić information content (AvgIpc) is 3.32. The van der Waals surface area contributed by atoms with Crippen molar-refractivity contribution in [3.05, 3.63) is 30.3 Å². The minimum absolute atomic E-state index is 0.0896. The number of rotatable bonds is 6. The fraction of sp³-hybridized carbons (Fsp3) is 0.591. The molecule has 2 N–H and O–H groups in total. The summed E-state index contributed by atoms with van der Waals surface area (Å²) in [5, 5.41) is 18.2. The molecule has 0 radical (unpaired) electrons. The van der Waals surface area contributed by atoms with Gasteiger partial charge < -0.3 is 20.1 Å². The minimum atomic E-state index is -3.33. The van der Waals surface area contributed by atoms with Crippen molar-refractivity contribution < 1.29 is 27.9 Å². The molecule has 0 unspecified atom stereocenters. The SMILES string of the molecule is CCOC1CN(C(=O)[C@@H]2CC[C@@H](S(=O)(=O)c3ccccc3)C2)C1.N#CC1(NC(=O)O)CC1. The zero-order valence-corrected chi connectivity index (χ0v) is 18.9. The fourth-order valence-electron chi connectivity index (χ4n) is 4.06. The Labute approximate surface area is 188 Å². The highest BCUT2D eigenvalue weighted by Gasteiger charge is 2.45. The second kappa shape index (κ2) is 9.88. The molecule has 1 aromatic rings. The molecule has 2 aliphatic carbocycles. The van der Waals surface area contributed by atoms with Crippen molar-refractivity contribution in [1.29, 1.82) is 5.26 Å². The number of carbonyl (C=O) groups excluding carboxylic acids is 1. The molecule has 1 aromatic carbocycles. The van der Waals surface area contributed by atoms with Crippen molar-refractivity contribution in [2.24, 2.45) is 5.92 Å². The summed E-state index contributed by atoms with van der Waals surface area (Å²) in [6, 6.07) is 10.4. The van der Waals surface area contributed by atoms with Gasteiger partial charge in [-0.2, -0.15) is 5.26 Å². The van der Waals surface area contributed by atoms with Gasteiger partial charge in [0.2, 0.25) is 5.91 Å². The van der Waals surface area contributed by atoms with E-state index in [1.54, 1.807) is 35.2 Å². The number of ether oxygens (including phenoxy) is 1. The van der Waals surface area contributed by atoms with E-state index in [1.165, 1.54) is 0 Å². The predicted molar refractivity (Wildman–Crippen MR) is 115 cm³/mol. The molecule has 174 valence electrons. The van der Waals surface area contributed by atoms with Gasteiger partial charge in [0, 0.05) is 25.6 Å². The third kappa shape index (κ3) is 5.58. The Bertz CT molecular complexity index is 965. The standard InChI is InChI=1S/C17H23NO4S.C5H6N2O2/c1-2-22-14-11-18(12-14)17(19)13-8-9-16(10-13)23(20,21)15-6-4-3-5-7-15;6-3-5(1-2-5)7-4(8)9/h3-7,13-14,16H,2,8-12H2,1H3;7H,1-2H2,(H,8,9)/t13-,16-;/m1./s1. The number of nitriles is 1. The zero-order valence-electron chi connectivity index (χ0n) is 18.1. The van der Waals surface area contributed by atoms with Crippen LogP contribution in [-0.4, -0.2) is 67.0 Å². The number of carboxylic acid groups (broad SMARTS) is 1. The van der Waals surface area contributed by atoms with Gasteiger partial charge in [0.25, 0.3) is 0 Å². The Balaban J connectivity index is 0.000000269. The summed E-state index contributed by atoms with van der Waals surface area (Å²) in [4.78, 5) is 24.6. The average molecular weight is 464 g/mol. The first-order chi connectivity index (χ1) is 15.2. The number of hydrogen-bond donors (Lipinski definition) is 2. The molecule has 2 saturated carbocycles. The lowest BCUT2D eigenvalue weighted by atomic mass is 10.0. The van der Waals surface area contributed by atoms with E-state index in [4.69, 9.17) is 15.1 Å². The van der Waals surface area contributed by atoms with Crippen molar-refractivity contribution in [1.82, 2.24) is 10.2 Å². The van der Waals surface area contributed by atoms with Gasteiger partial charge in [-0.15, -0.1) is 0 Å². The van der Waals surface area contributed by atoms with Crippen LogP contribution in [0.5, 0.6) is 0 Å². The number of carbonyl (C=O) groups is 2. The van der Waals surface area contributed by atoms with E-state index in [1.807, 2.05) is 13.0 Å². The maximum absolute atomic E-state index is 12.6. The molecule has 10 heteroatoms. The molecule has 3 aliphatic rings. The van der Waals surface area contributed by atoms with Gasteiger partial charge in [-0.05, 0) is 51.2 Å². The van der Waals surface area contributed by atoms with E-state index < -0.39 is 26.7 Å². The van der Waals surface area contributed by atoms with Gasteiger partial charge in [0.1, 0.15) is 5.54 Å². The van der Waals surface area contributed by atoms with Gasteiger partial charge in [-0.3, -0.25) is 4.79 Å². The Kier molecular flexibility index (Phi) is 7.41. The fourth-order valence-corrected chi connectivity index (χ4v) is 5.91. The number of nitrogens with zero attached hydrogens (tertiary/aromatic N) is 2. The molecule has 0 aromatic heterocycles. The Hall–Kier alpha value is -2.64. The molecule has 9 nitrogen and oxygen atoms in total. The molecule has 0 spiro atoms. The number of hydrogen-bond acceptors (Lipinski definition) is 6. The lowest BCUT2D eigenvalue weighted by molar-refractivity contribution is -0.148. The van der Waals surface area contributed by atoms with E-state index in [0.717, 1.165) is 0 Å². The smallest absolute Gasteiger partial charge is 0.405 e. The number of benzene rings is 1. The molecule has 1 aliphatic heterocycles. The summed E-state index contributed by atoms with van der Waals surface area (Å²) in [6.45, 7) is 3.88. The second-order valence-corrected chi connectivity index (χ2v) is 10.7. The van der Waals surface area contributed by atoms with Gasteiger partial charge in [0.05, 0.1) is 22.3 Å². The van der Waals surface area contributed by atoms with Crippen LogP contribution in [-0.2, 0) is 19.4 Å². The second-order valence-electron chi connectivity index (χ2n) is 8.43. The van der Waals surface area contributed by atoms with E-state index in [0.29, 0.717) is 56.7 Å². The maximum atomic E-state index is 12.6. The summed E-state index contributed by atoms with van der Waals surface area (Å²) in [5.74, 6) is -0.0761. The molecule has 0 bridgehead atoms. The molecule has 3 fully saturated rings. The highest BCUT2D eigenvalue weighted by atomic mass is 32.2. The van der Waals surface area contributed by atoms with Gasteiger partial charge in [-0.25, -0.2) is 13.2 Å². The van der Waals surface area contributed by atoms with E-state index in [2.05, 4.69) is 5.32 Å². The molecule has 2 atom stereocenters. The molecular formula is C22H29N3O6S. The van der Waals surface area contributed by atoms with Crippen molar-refractivity contribution in [3.8, 4) is 6.07 Å². The predicted octanol–water partition coefficient (Wildman–Crippen LogP) is 2.19. The first kappa shape index (κ1) is 24.0. The lowest BCUT2D eigenvalue weighted by Crippen LogP contribution is -2.56. The first-order valence-corrected chi connectivity index (χ1v) is 12.4. The van der Waals surface area contributed by atoms with E-state index >= 15 is 0 Å². The molecular weight excluding hydrogens is 434 g/mol. The minimum Gasteiger partial charge on any atom is -0.465 e. The Morgan fingerprint density at radius 1 is 1.25 bits per heavy atom. The number of amides is 2. The largest absolute Gasteiger partial charge is 0.465 e. The summed E-state index contributed by atoms with van der Waals surface area (Å²) in [5.41, 5.74) is -0.730. The van der Waals surface area contributed by atoms with E-state index in [9.17, 15) is 18.0 Å². The monoisotopic (exact) mass is 463 g/mol. The van der Waals surface area contributed by atoms with Crippen LogP contribution in [0.15, 0.2) is 35.2 Å². The van der Waals surface area contributed by atoms with Crippen LogP contribution >= 0.6 is 0 Å². The third-order valence-corrected chi connectivity index (χ3v) is 8.35. The first-order valence-electron chi connectivity index (χ1n) is 10.8. The molecule has 1 saturated heterocycles. The van der Waals surface area contributed by atoms with Crippen LogP contribution in [0.4, 0.5) is 4.79 Å². The van der Waals surface area contributed by atoms with Crippen LogP contribution in [0.25, 0.3) is 0 Å². The van der Waals surface area contributed by atoms with Crippen molar-refractivity contribution >= 4 is 21.8 Å². The van der Waals surface area contributed by atoms with Crippen LogP contribution in [0.3, 0.4) is 0 Å². The summed E-state index contributed by atoms with van der Waals surface area (Å²) >= 11 is 0. The summed E-state index contributed by atoms with van der Waals surface area (Å²) < 4.78 is 30.8. The summed E-state index contributed by atoms with van der Waals surface area (Å²) in [7, 11) is -3.33. The Morgan fingerprint density at radius 2 is 1.91 bits per heavy atom. The normalized spacial score (nSPS) is 23.8. The lowest BCUT2D eigenvalue weighted by Gasteiger charge is -2.40. The molecule has 32 heavy (non-hydrogen) atoms. The third-order valence-electron chi connectivity index (χ3n) is 6.12. The quantitative estimate of drug-likeness (QED) is 0.660. The topological polar surface area (TPSA) is 137 Å². The van der Waals surface area contributed by atoms with Crippen LogP contribution < -0.4 is 5.32 Å². The highest BCUT2D eigenvalue weighted by molar-refractivity contribution is 7.92. The molecule has 1 heterocycles. The number of nitrogens with one attached hydrogen (secondary N) is 1. The van der Waals surface area contributed by atoms with Gasteiger partial charge >= 0.3 is 6.09 Å². The Morgan fingerprint density at radius 3 is 2.41 bits per heavy atom. The highest BCUT2D eigenvalue weighted by Crippen LogP contribution is 2.36. The van der Waals surface area contributed by atoms with Crippen LogP contribution in [0.2, 0.25) is 0 Å². The summed E-state index contributed by atoms with van der Waals surface area (Å²) in [6.07, 6.45) is 1.99. The molecule has 4 rings (SSSR count). The number of sulfone groups is 1. The van der Waals surface area contributed by atoms with E-state index in [-0.39, 0.29) is 17.9 Å². The van der Waals surface area contributed by atoms with Crippen molar-refractivity contribution in [3.63, 3.8) is 0 Å². The van der Waals surface area contributed by atoms with Gasteiger partial charge in [0.15, 0.2) is 9.84 Å². The number of likely N-dealkylation sites (tertiary alicyclic amines) is 1. The molecule has 2 amide bonds. The zero-order chi connectivity index (χ0) is 23.4. The van der Waals surface area contributed by atoms with Crippen molar-refractivity contribution in [2.75, 3.05) is 19.7 Å². The van der Waals surface area contributed by atoms with Gasteiger partial charge in [-0.1, -0.05) is 18.2 Å².